The van der Waals surface area contributed by atoms with E-state index >= 15 is 0 Å². The van der Waals surface area contributed by atoms with Gasteiger partial charge in [-0.2, -0.15) is 0 Å². The minimum Gasteiger partial charge on any atom is -0.326 e. The van der Waals surface area contributed by atoms with Crippen molar-refractivity contribution in [2.24, 2.45) is 0 Å². The van der Waals surface area contributed by atoms with Gasteiger partial charge in [-0.15, -0.1) is 0 Å². The summed E-state index contributed by atoms with van der Waals surface area (Å²) in [7, 11) is 0. The van der Waals surface area contributed by atoms with E-state index in [9.17, 15) is 14.0 Å². The van der Waals surface area contributed by atoms with Gasteiger partial charge in [0.05, 0.1) is 5.69 Å². The molecule has 118 valence electrons. The zero-order valence-electron chi connectivity index (χ0n) is 12.9. The van der Waals surface area contributed by atoms with Crippen LogP contribution >= 0.6 is 0 Å². The summed E-state index contributed by atoms with van der Waals surface area (Å²) in [5.41, 5.74) is 2.42. The Balaban J connectivity index is 2.07. The highest BCUT2D eigenvalue weighted by atomic mass is 19.1. The number of benzene rings is 2. The van der Waals surface area contributed by atoms with Crippen molar-refractivity contribution < 1.29 is 14.0 Å². The van der Waals surface area contributed by atoms with E-state index in [4.69, 9.17) is 0 Å². The Kier molecular flexibility index (Phi) is 5.25. The lowest BCUT2D eigenvalue weighted by Gasteiger charge is -2.07. The highest BCUT2D eigenvalue weighted by molar-refractivity contribution is 6.02. The molecule has 2 amide bonds. The number of rotatable bonds is 4. The average Bonchev–Trinajstić information content (AvgIpc) is 2.49. The van der Waals surface area contributed by atoms with Crippen LogP contribution < -0.4 is 10.6 Å². The minimum atomic E-state index is -0.573. The van der Waals surface area contributed by atoms with Crippen LogP contribution in [0.4, 0.5) is 15.8 Å². The molecular weight excluding hydrogens is 295 g/mol. The number of aryl methyl sites for hydroxylation is 1. The van der Waals surface area contributed by atoms with Gasteiger partial charge in [0.15, 0.2) is 0 Å². The number of hydrogen-bond donors (Lipinski definition) is 2. The van der Waals surface area contributed by atoms with Crippen LogP contribution in [0.5, 0.6) is 0 Å². The molecular formula is C18H17FN2O2. The van der Waals surface area contributed by atoms with Crippen molar-refractivity contribution in [2.45, 2.75) is 13.8 Å². The van der Waals surface area contributed by atoms with Crippen LogP contribution in [0.3, 0.4) is 0 Å². The number of amides is 2. The maximum absolute atomic E-state index is 13.7. The minimum absolute atomic E-state index is 0.00908. The van der Waals surface area contributed by atoms with Crippen molar-refractivity contribution in [2.75, 3.05) is 10.6 Å². The van der Waals surface area contributed by atoms with Gasteiger partial charge in [-0.25, -0.2) is 4.39 Å². The number of carbonyl (C=O) groups is 2. The van der Waals surface area contributed by atoms with Gasteiger partial charge in [0.25, 0.3) is 0 Å². The molecule has 0 bridgehead atoms. The van der Waals surface area contributed by atoms with Crippen molar-refractivity contribution in [3.63, 3.8) is 0 Å². The van der Waals surface area contributed by atoms with E-state index in [1.54, 1.807) is 6.08 Å². The zero-order chi connectivity index (χ0) is 16.8. The first kappa shape index (κ1) is 16.4. The molecule has 23 heavy (non-hydrogen) atoms. The maximum Gasteiger partial charge on any atom is 0.248 e. The molecule has 2 aromatic rings. The lowest BCUT2D eigenvalue weighted by molar-refractivity contribution is -0.114. The van der Waals surface area contributed by atoms with Gasteiger partial charge in [0.1, 0.15) is 5.82 Å². The van der Waals surface area contributed by atoms with Crippen molar-refractivity contribution in [1.29, 1.82) is 0 Å². The van der Waals surface area contributed by atoms with E-state index in [1.165, 1.54) is 31.2 Å². The molecule has 0 atom stereocenters. The SMILES string of the molecule is CC(=O)Nc1ccc(F)c(NC(=O)/C=C/c2ccc(C)cc2)c1. The maximum atomic E-state index is 13.7. The predicted octanol–water partition coefficient (Wildman–Crippen LogP) is 3.74. The second-order valence-corrected chi connectivity index (χ2v) is 5.11. The normalized spacial score (nSPS) is 10.6. The van der Waals surface area contributed by atoms with Crippen LogP contribution in [0, 0.1) is 12.7 Å². The second kappa shape index (κ2) is 7.35. The highest BCUT2D eigenvalue weighted by Crippen LogP contribution is 2.19. The van der Waals surface area contributed by atoms with E-state index in [2.05, 4.69) is 10.6 Å². The van der Waals surface area contributed by atoms with Crippen LogP contribution in [0.25, 0.3) is 6.08 Å². The molecule has 0 heterocycles. The number of anilines is 2. The first-order valence-electron chi connectivity index (χ1n) is 7.07. The lowest BCUT2D eigenvalue weighted by atomic mass is 10.1. The Bertz CT molecular complexity index is 752. The number of halogens is 1. The Hall–Kier alpha value is -2.95. The Morgan fingerprint density at radius 3 is 2.39 bits per heavy atom. The molecule has 0 aliphatic heterocycles. The lowest BCUT2D eigenvalue weighted by Crippen LogP contribution is -2.11. The molecule has 0 spiro atoms. The van der Waals surface area contributed by atoms with Gasteiger partial charge in [-0.1, -0.05) is 29.8 Å². The van der Waals surface area contributed by atoms with Gasteiger partial charge >= 0.3 is 0 Å². The molecule has 0 aromatic heterocycles. The monoisotopic (exact) mass is 312 g/mol. The molecule has 0 fully saturated rings. The summed E-state index contributed by atoms with van der Waals surface area (Å²) in [6.45, 7) is 3.33. The Morgan fingerprint density at radius 2 is 1.74 bits per heavy atom. The fourth-order valence-electron chi connectivity index (χ4n) is 1.93. The largest absolute Gasteiger partial charge is 0.326 e. The van der Waals surface area contributed by atoms with Crippen molar-refractivity contribution in [1.82, 2.24) is 0 Å². The molecule has 0 radical (unpaired) electrons. The van der Waals surface area contributed by atoms with E-state index in [0.717, 1.165) is 11.1 Å². The first-order valence-corrected chi connectivity index (χ1v) is 7.07. The van der Waals surface area contributed by atoms with Crippen LogP contribution in [0.15, 0.2) is 48.5 Å². The fourth-order valence-corrected chi connectivity index (χ4v) is 1.93. The molecule has 2 aromatic carbocycles. The summed E-state index contributed by atoms with van der Waals surface area (Å²) >= 11 is 0. The summed E-state index contributed by atoms with van der Waals surface area (Å²) in [5.74, 6) is -1.30. The number of nitrogens with one attached hydrogen (secondary N) is 2. The van der Waals surface area contributed by atoms with Crippen molar-refractivity contribution in [3.8, 4) is 0 Å². The van der Waals surface area contributed by atoms with Gasteiger partial charge in [0.2, 0.25) is 11.8 Å². The third kappa shape index (κ3) is 5.07. The summed E-state index contributed by atoms with van der Waals surface area (Å²) in [6, 6.07) is 11.6. The van der Waals surface area contributed by atoms with Crippen molar-refractivity contribution in [3.05, 3.63) is 65.5 Å². The van der Waals surface area contributed by atoms with Crippen LogP contribution in [0.2, 0.25) is 0 Å². The Labute approximate surface area is 134 Å². The van der Waals surface area contributed by atoms with Gasteiger partial charge in [0, 0.05) is 18.7 Å². The van der Waals surface area contributed by atoms with Crippen LogP contribution in [-0.2, 0) is 9.59 Å². The molecule has 4 nitrogen and oxygen atoms in total. The van der Waals surface area contributed by atoms with Crippen molar-refractivity contribution >= 4 is 29.3 Å². The third-order valence-electron chi connectivity index (χ3n) is 3.05. The highest BCUT2D eigenvalue weighted by Gasteiger charge is 2.07. The quantitative estimate of drug-likeness (QED) is 0.845. The summed E-state index contributed by atoms with van der Waals surface area (Å²) in [6.07, 6.45) is 2.97. The summed E-state index contributed by atoms with van der Waals surface area (Å²) in [4.78, 5) is 22.9. The molecule has 0 saturated carbocycles. The molecule has 0 unspecified atom stereocenters. The third-order valence-corrected chi connectivity index (χ3v) is 3.05. The summed E-state index contributed by atoms with van der Waals surface area (Å²) < 4.78 is 13.7. The van der Waals surface area contributed by atoms with E-state index < -0.39 is 11.7 Å². The smallest absolute Gasteiger partial charge is 0.248 e. The standard InChI is InChI=1S/C18H17FN2O2/c1-12-3-5-14(6-4-12)7-10-18(23)21-17-11-15(20-13(2)22)8-9-16(17)19/h3-11H,1-2H3,(H,20,22)(H,21,23)/b10-7+. The number of carbonyl (C=O) groups excluding carboxylic acids is 2. The fraction of sp³-hybridized carbons (Fsp3) is 0.111. The molecule has 2 N–H and O–H groups in total. The first-order chi connectivity index (χ1) is 10.9. The van der Waals surface area contributed by atoms with E-state index in [0.29, 0.717) is 5.69 Å². The average molecular weight is 312 g/mol. The molecule has 2 rings (SSSR count). The van der Waals surface area contributed by atoms with Crippen LogP contribution in [-0.4, -0.2) is 11.8 Å². The van der Waals surface area contributed by atoms with Gasteiger partial charge in [-0.3, -0.25) is 9.59 Å². The predicted molar refractivity (Wildman–Crippen MR) is 89.5 cm³/mol. The summed E-state index contributed by atoms with van der Waals surface area (Å²) in [5, 5.41) is 4.99. The van der Waals surface area contributed by atoms with E-state index in [-0.39, 0.29) is 11.6 Å². The number of hydrogen-bond acceptors (Lipinski definition) is 2. The molecule has 0 aliphatic rings. The van der Waals surface area contributed by atoms with Crippen LogP contribution in [0.1, 0.15) is 18.1 Å². The van der Waals surface area contributed by atoms with Gasteiger partial charge in [-0.05, 0) is 36.8 Å². The molecule has 0 saturated heterocycles. The molecule has 0 aliphatic carbocycles. The topological polar surface area (TPSA) is 58.2 Å². The Morgan fingerprint density at radius 1 is 1.04 bits per heavy atom. The zero-order valence-corrected chi connectivity index (χ0v) is 12.9. The second-order valence-electron chi connectivity index (χ2n) is 5.11. The molecule has 5 heteroatoms. The van der Waals surface area contributed by atoms with E-state index in [1.807, 2.05) is 31.2 Å². The van der Waals surface area contributed by atoms with Gasteiger partial charge < -0.3 is 10.6 Å².